The molecule has 0 saturated heterocycles. The van der Waals surface area contributed by atoms with Crippen molar-refractivity contribution < 1.29 is 9.90 Å². The molecule has 1 unspecified atom stereocenters. The molecule has 4 nitrogen and oxygen atoms in total. The van der Waals surface area contributed by atoms with Gasteiger partial charge in [0.15, 0.2) is 0 Å². The van der Waals surface area contributed by atoms with E-state index < -0.39 is 11.3 Å². The molecule has 2 aromatic rings. The van der Waals surface area contributed by atoms with Crippen LogP contribution in [0.4, 0.5) is 0 Å². The lowest BCUT2D eigenvalue weighted by atomic mass is 9.56. The Morgan fingerprint density at radius 3 is 2.55 bits per heavy atom. The lowest BCUT2D eigenvalue weighted by Gasteiger charge is -2.45. The Morgan fingerprint density at radius 1 is 1.19 bits per heavy atom. The van der Waals surface area contributed by atoms with Crippen molar-refractivity contribution in [1.29, 1.82) is 5.26 Å². The number of hydrogen-bond donors (Lipinski definition) is 2. The Balaban J connectivity index is 2.40. The zero-order valence-corrected chi connectivity index (χ0v) is 19.2. The molecular formula is C25H26Cl2N2O2. The van der Waals surface area contributed by atoms with Crippen LogP contribution in [0.3, 0.4) is 0 Å². The molecule has 1 aliphatic carbocycles. The molecule has 0 heterocycles. The van der Waals surface area contributed by atoms with Gasteiger partial charge in [-0.25, -0.2) is 0 Å². The van der Waals surface area contributed by atoms with Gasteiger partial charge >= 0.3 is 0 Å². The number of rotatable bonds is 7. The number of carbonyl (C=O) groups is 1. The number of allylic oxidation sites excluding steroid dienone is 2. The van der Waals surface area contributed by atoms with Crippen molar-refractivity contribution in [2.45, 2.75) is 43.9 Å². The highest BCUT2D eigenvalue weighted by Gasteiger charge is 2.51. The summed E-state index contributed by atoms with van der Waals surface area (Å²) in [6, 6.07) is 15.6. The smallest absolute Gasteiger partial charge is 0.228 e. The maximum atomic E-state index is 13.3. The van der Waals surface area contributed by atoms with E-state index in [-0.39, 0.29) is 12.5 Å². The fourth-order valence-corrected chi connectivity index (χ4v) is 5.15. The van der Waals surface area contributed by atoms with Crippen LogP contribution in [0, 0.1) is 11.3 Å². The summed E-state index contributed by atoms with van der Waals surface area (Å²) in [4.78, 5) is 13.3. The number of likely N-dealkylation sites (N-methyl/N-ethyl adjacent to an activating group) is 1. The first-order chi connectivity index (χ1) is 15.0. The van der Waals surface area contributed by atoms with E-state index in [1.807, 2.05) is 37.3 Å². The van der Waals surface area contributed by atoms with Gasteiger partial charge in [-0.15, -0.1) is 0 Å². The molecule has 0 fully saturated rings. The van der Waals surface area contributed by atoms with Gasteiger partial charge in [0.1, 0.15) is 0 Å². The number of aliphatic hydroxyl groups is 1. The molecule has 0 aliphatic heterocycles. The van der Waals surface area contributed by atoms with Gasteiger partial charge in [0.2, 0.25) is 5.91 Å². The van der Waals surface area contributed by atoms with Gasteiger partial charge in [0.05, 0.1) is 22.0 Å². The number of nitriles is 1. The second-order valence-electron chi connectivity index (χ2n) is 7.73. The molecule has 1 aliphatic rings. The molecule has 2 aromatic carbocycles. The number of nitrogens with zero attached hydrogens (tertiary/aromatic N) is 1. The molecule has 1 amide bonds. The van der Waals surface area contributed by atoms with Crippen LogP contribution >= 0.6 is 23.2 Å². The first-order valence-electron chi connectivity index (χ1n) is 10.5. The molecule has 0 saturated carbocycles. The highest BCUT2D eigenvalue weighted by molar-refractivity contribution is 6.42. The third kappa shape index (κ3) is 3.99. The molecule has 0 spiro atoms. The number of aliphatic hydroxyl groups excluding tert-OH is 1. The maximum Gasteiger partial charge on any atom is 0.228 e. The quantitative estimate of drug-likeness (QED) is 0.530. The minimum Gasteiger partial charge on any atom is -0.396 e. The Kier molecular flexibility index (Phi) is 7.43. The Labute approximate surface area is 193 Å². The van der Waals surface area contributed by atoms with Crippen LogP contribution in [0.5, 0.6) is 0 Å². The van der Waals surface area contributed by atoms with Gasteiger partial charge in [-0.05, 0) is 60.1 Å². The Bertz CT molecular complexity index is 1060. The zero-order chi connectivity index (χ0) is 22.6. The number of hydrogen-bond acceptors (Lipinski definition) is 3. The van der Waals surface area contributed by atoms with Gasteiger partial charge in [-0.2, -0.15) is 5.26 Å². The average Bonchev–Trinajstić information content (AvgIpc) is 2.79. The predicted octanol–water partition coefficient (Wildman–Crippen LogP) is 5.62. The highest BCUT2D eigenvalue weighted by atomic mass is 35.5. The summed E-state index contributed by atoms with van der Waals surface area (Å²) in [6.07, 6.45) is 2.57. The summed E-state index contributed by atoms with van der Waals surface area (Å²) in [5, 5.41) is 23.3. The first kappa shape index (κ1) is 23.3. The molecule has 2 N–H and O–H groups in total. The number of fused-ring (bicyclic) bond motifs is 1. The van der Waals surface area contributed by atoms with Crippen molar-refractivity contribution >= 4 is 34.7 Å². The number of carbonyl (C=O) groups excluding carboxylic acids is 1. The third-order valence-electron chi connectivity index (χ3n) is 6.29. The summed E-state index contributed by atoms with van der Waals surface area (Å²) < 4.78 is 0. The van der Waals surface area contributed by atoms with Gasteiger partial charge < -0.3 is 10.4 Å². The number of nitrogens with one attached hydrogen (secondary N) is 1. The minimum atomic E-state index is -0.883. The van der Waals surface area contributed by atoms with E-state index in [9.17, 15) is 15.2 Å². The van der Waals surface area contributed by atoms with Crippen molar-refractivity contribution in [3.05, 3.63) is 74.8 Å². The highest BCUT2D eigenvalue weighted by Crippen LogP contribution is 2.55. The van der Waals surface area contributed by atoms with Crippen molar-refractivity contribution in [3.63, 3.8) is 0 Å². The molecule has 0 aromatic heterocycles. The Morgan fingerprint density at radius 2 is 1.94 bits per heavy atom. The van der Waals surface area contributed by atoms with E-state index in [1.165, 1.54) is 0 Å². The van der Waals surface area contributed by atoms with Crippen molar-refractivity contribution in [2.75, 3.05) is 13.7 Å². The topological polar surface area (TPSA) is 73.1 Å². The number of unbranched alkanes of at least 4 members (excludes halogenated alkanes) is 1. The lowest BCUT2D eigenvalue weighted by molar-refractivity contribution is -0.123. The van der Waals surface area contributed by atoms with Crippen molar-refractivity contribution in [1.82, 2.24) is 5.32 Å². The van der Waals surface area contributed by atoms with Crippen LogP contribution in [0.1, 0.15) is 55.2 Å². The van der Waals surface area contributed by atoms with Gasteiger partial charge in [-0.1, -0.05) is 60.5 Å². The van der Waals surface area contributed by atoms with Crippen LogP contribution in [-0.2, 0) is 10.2 Å². The Hall–Kier alpha value is -2.32. The minimum absolute atomic E-state index is 0.101. The summed E-state index contributed by atoms with van der Waals surface area (Å²) >= 11 is 12.6. The lowest BCUT2D eigenvalue weighted by Crippen LogP contribution is -2.46. The third-order valence-corrected chi connectivity index (χ3v) is 7.02. The van der Waals surface area contributed by atoms with E-state index in [1.54, 1.807) is 19.2 Å². The van der Waals surface area contributed by atoms with Crippen LogP contribution in [0.15, 0.2) is 48.0 Å². The van der Waals surface area contributed by atoms with Crippen molar-refractivity contribution in [2.24, 2.45) is 0 Å². The molecule has 31 heavy (non-hydrogen) atoms. The fourth-order valence-electron chi connectivity index (χ4n) is 4.86. The summed E-state index contributed by atoms with van der Waals surface area (Å²) in [5.41, 5.74) is 3.25. The molecule has 162 valence electrons. The summed E-state index contributed by atoms with van der Waals surface area (Å²) in [5.74, 6) is -0.741. The molecule has 2 atom stereocenters. The first-order valence-corrected chi connectivity index (χ1v) is 11.2. The summed E-state index contributed by atoms with van der Waals surface area (Å²) in [6.45, 7) is 2.10. The van der Waals surface area contributed by atoms with Crippen LogP contribution in [-0.4, -0.2) is 24.7 Å². The van der Waals surface area contributed by atoms with Gasteiger partial charge in [-0.3, -0.25) is 4.79 Å². The second-order valence-corrected chi connectivity index (χ2v) is 8.55. The predicted molar refractivity (Wildman–Crippen MR) is 125 cm³/mol. The SMILES string of the molecule is CCC1(c2ccc(Cl)c(Cl)c2)C(C#N)=C(CCCCO)c2ccccc2[C@@H]1C(=O)NC. The van der Waals surface area contributed by atoms with Gasteiger partial charge in [0, 0.05) is 24.6 Å². The van der Waals surface area contributed by atoms with E-state index in [0.717, 1.165) is 28.7 Å². The molecular weight excluding hydrogens is 431 g/mol. The van der Waals surface area contributed by atoms with E-state index >= 15 is 0 Å². The van der Waals surface area contributed by atoms with Crippen LogP contribution in [0.25, 0.3) is 5.57 Å². The fraction of sp³-hybridized carbons (Fsp3) is 0.360. The van der Waals surface area contributed by atoms with E-state index in [0.29, 0.717) is 34.9 Å². The standard InChI is InChI=1S/C25H26Cl2N2O2/c1-3-25(16-11-12-21(26)22(27)14-16)20(15-28)18(9-6-7-13-30)17-8-4-5-10-19(17)23(25)24(31)29-2/h4-5,8,10-12,14,23,30H,3,6-7,9,13H2,1-2H3,(H,29,31)/t23-,25?/m1/s1. The molecule has 0 radical (unpaired) electrons. The van der Waals surface area contributed by atoms with E-state index in [2.05, 4.69) is 11.4 Å². The normalized spacial score (nSPS) is 20.2. The monoisotopic (exact) mass is 456 g/mol. The number of amides is 1. The maximum absolute atomic E-state index is 13.3. The second kappa shape index (κ2) is 9.87. The van der Waals surface area contributed by atoms with Crippen LogP contribution in [0.2, 0.25) is 10.0 Å². The largest absolute Gasteiger partial charge is 0.396 e. The summed E-state index contributed by atoms with van der Waals surface area (Å²) in [7, 11) is 1.62. The number of benzene rings is 2. The molecule has 0 bridgehead atoms. The van der Waals surface area contributed by atoms with Gasteiger partial charge in [0.25, 0.3) is 0 Å². The zero-order valence-electron chi connectivity index (χ0n) is 17.7. The number of halogens is 2. The average molecular weight is 457 g/mol. The molecule has 6 heteroatoms. The van der Waals surface area contributed by atoms with E-state index in [4.69, 9.17) is 23.2 Å². The van der Waals surface area contributed by atoms with Crippen molar-refractivity contribution in [3.8, 4) is 6.07 Å². The van der Waals surface area contributed by atoms with Crippen LogP contribution < -0.4 is 5.32 Å². The molecule has 3 rings (SSSR count).